The molecule has 0 saturated carbocycles. The highest BCUT2D eigenvalue weighted by molar-refractivity contribution is 14.1. The summed E-state index contributed by atoms with van der Waals surface area (Å²) in [5, 5.41) is 2.79. The summed E-state index contributed by atoms with van der Waals surface area (Å²) in [5.41, 5.74) is 1.15. The summed E-state index contributed by atoms with van der Waals surface area (Å²) < 4.78 is 6.30. The van der Waals surface area contributed by atoms with Crippen molar-refractivity contribution in [1.82, 2.24) is 4.90 Å². The number of benzene rings is 1. The van der Waals surface area contributed by atoms with Crippen molar-refractivity contribution in [2.75, 3.05) is 18.9 Å². The molecule has 0 fully saturated rings. The number of halogens is 1. The van der Waals surface area contributed by atoms with Gasteiger partial charge in [0.2, 0.25) is 5.91 Å². The minimum atomic E-state index is -0.575. The minimum Gasteiger partial charge on any atom is -0.444 e. The van der Waals surface area contributed by atoms with Crippen molar-refractivity contribution in [2.45, 2.75) is 33.3 Å². The van der Waals surface area contributed by atoms with Crippen molar-refractivity contribution >= 4 is 40.3 Å². The van der Waals surface area contributed by atoms with Gasteiger partial charge in [0.15, 0.2) is 0 Å². The highest BCUT2D eigenvalue weighted by atomic mass is 127. The predicted molar refractivity (Wildman–Crippen MR) is 91.4 cm³/mol. The summed E-state index contributed by atoms with van der Waals surface area (Å²) in [6, 6.07) is 5.75. The van der Waals surface area contributed by atoms with Crippen LogP contribution < -0.4 is 5.32 Å². The third-order valence-electron chi connectivity index (χ3n) is 2.55. The molecule has 0 saturated heterocycles. The molecule has 0 unspecified atom stereocenters. The van der Waals surface area contributed by atoms with E-state index >= 15 is 0 Å². The Morgan fingerprint density at radius 2 is 1.95 bits per heavy atom. The van der Waals surface area contributed by atoms with Crippen molar-refractivity contribution in [3.63, 3.8) is 0 Å². The number of amides is 2. The number of carbonyl (C=O) groups is 2. The summed E-state index contributed by atoms with van der Waals surface area (Å²) in [5.74, 6) is -0.257. The lowest BCUT2D eigenvalue weighted by molar-refractivity contribution is -0.117. The van der Waals surface area contributed by atoms with Crippen LogP contribution in [-0.4, -0.2) is 36.1 Å². The van der Waals surface area contributed by atoms with Gasteiger partial charge in [-0.1, -0.05) is 0 Å². The van der Waals surface area contributed by atoms with Crippen LogP contribution in [-0.2, 0) is 9.53 Å². The largest absolute Gasteiger partial charge is 0.444 e. The fraction of sp³-hybridized carbons (Fsp3) is 0.467. The van der Waals surface area contributed by atoms with Gasteiger partial charge >= 0.3 is 6.09 Å². The molecule has 0 aliphatic rings. The van der Waals surface area contributed by atoms with Crippen LogP contribution in [0.1, 0.15) is 26.3 Å². The lowest BCUT2D eigenvalue weighted by atomic mass is 10.2. The molecule has 1 aromatic carbocycles. The van der Waals surface area contributed by atoms with Crippen molar-refractivity contribution in [2.24, 2.45) is 0 Å². The normalized spacial score (nSPS) is 11.0. The van der Waals surface area contributed by atoms with Crippen molar-refractivity contribution < 1.29 is 14.3 Å². The molecular formula is C15H21IN2O3. The van der Waals surface area contributed by atoms with Gasteiger partial charge in [0, 0.05) is 16.3 Å². The van der Waals surface area contributed by atoms with E-state index < -0.39 is 11.7 Å². The Morgan fingerprint density at radius 3 is 2.48 bits per heavy atom. The van der Waals surface area contributed by atoms with E-state index in [0.717, 1.165) is 14.8 Å². The molecule has 1 aromatic rings. The molecule has 2 amide bonds. The average molecular weight is 404 g/mol. The minimum absolute atomic E-state index is 0.0552. The maximum atomic E-state index is 12.0. The van der Waals surface area contributed by atoms with Crippen LogP contribution in [0.25, 0.3) is 0 Å². The maximum Gasteiger partial charge on any atom is 0.410 e. The molecule has 0 radical (unpaired) electrons. The van der Waals surface area contributed by atoms with Crippen molar-refractivity contribution in [3.8, 4) is 0 Å². The number of nitrogens with one attached hydrogen (secondary N) is 1. The SMILES string of the molecule is Cc1cc(I)ccc1NC(=O)CN(C)C(=O)OC(C)(C)C. The van der Waals surface area contributed by atoms with Gasteiger partial charge < -0.3 is 15.0 Å². The number of rotatable bonds is 3. The molecule has 1 rings (SSSR count). The summed E-state index contributed by atoms with van der Waals surface area (Å²) in [4.78, 5) is 25.0. The molecule has 116 valence electrons. The zero-order valence-electron chi connectivity index (χ0n) is 13.0. The number of hydrogen-bond donors (Lipinski definition) is 1. The highest BCUT2D eigenvalue weighted by Gasteiger charge is 2.21. The lowest BCUT2D eigenvalue weighted by Crippen LogP contribution is -2.38. The first-order valence-electron chi connectivity index (χ1n) is 6.58. The maximum absolute atomic E-state index is 12.0. The zero-order valence-corrected chi connectivity index (χ0v) is 15.1. The second-order valence-electron chi connectivity index (χ2n) is 5.84. The number of hydrogen-bond acceptors (Lipinski definition) is 3. The van der Waals surface area contributed by atoms with Crippen LogP contribution >= 0.6 is 22.6 Å². The van der Waals surface area contributed by atoms with Gasteiger partial charge in [0.1, 0.15) is 12.1 Å². The predicted octanol–water partition coefficient (Wildman–Crippen LogP) is 3.41. The quantitative estimate of drug-likeness (QED) is 0.786. The molecule has 0 spiro atoms. The molecule has 0 heterocycles. The Bertz CT molecular complexity index is 538. The first kappa shape index (κ1) is 17.7. The van der Waals surface area contributed by atoms with Crippen molar-refractivity contribution in [1.29, 1.82) is 0 Å². The third kappa shape index (κ3) is 6.33. The fourth-order valence-corrected chi connectivity index (χ4v) is 2.22. The van der Waals surface area contributed by atoms with E-state index in [1.54, 1.807) is 20.8 Å². The Hall–Kier alpha value is -1.31. The Balaban J connectivity index is 2.59. The second-order valence-corrected chi connectivity index (χ2v) is 7.09. The third-order valence-corrected chi connectivity index (χ3v) is 3.22. The Labute approximate surface area is 139 Å². The molecular weight excluding hydrogens is 383 g/mol. The van der Waals surface area contributed by atoms with Gasteiger partial charge in [-0.3, -0.25) is 4.79 Å². The van der Waals surface area contributed by atoms with E-state index in [1.165, 1.54) is 11.9 Å². The molecule has 0 atom stereocenters. The smallest absolute Gasteiger partial charge is 0.410 e. The Kier molecular flexibility index (Phi) is 6.00. The summed E-state index contributed by atoms with van der Waals surface area (Å²) >= 11 is 2.21. The first-order valence-corrected chi connectivity index (χ1v) is 7.66. The second kappa shape index (κ2) is 7.11. The number of aryl methyl sites for hydroxylation is 1. The van der Waals surface area contributed by atoms with Gasteiger partial charge in [-0.25, -0.2) is 4.79 Å². The van der Waals surface area contributed by atoms with Crippen molar-refractivity contribution in [3.05, 3.63) is 27.3 Å². The van der Waals surface area contributed by atoms with Crippen LogP contribution in [0.3, 0.4) is 0 Å². The van der Waals surface area contributed by atoms with E-state index in [9.17, 15) is 9.59 Å². The molecule has 0 aliphatic heterocycles. The lowest BCUT2D eigenvalue weighted by Gasteiger charge is -2.24. The van der Waals surface area contributed by atoms with Gasteiger partial charge in [0.25, 0.3) is 0 Å². The van der Waals surface area contributed by atoms with Gasteiger partial charge in [-0.15, -0.1) is 0 Å². The number of likely N-dealkylation sites (N-methyl/N-ethyl adjacent to an activating group) is 1. The first-order chi connectivity index (χ1) is 9.58. The molecule has 0 bridgehead atoms. The van der Waals surface area contributed by atoms with E-state index in [2.05, 4.69) is 27.9 Å². The van der Waals surface area contributed by atoms with E-state index in [4.69, 9.17) is 4.74 Å². The summed E-state index contributed by atoms with van der Waals surface area (Å²) in [7, 11) is 1.54. The Morgan fingerprint density at radius 1 is 1.33 bits per heavy atom. The van der Waals surface area contributed by atoms with E-state index in [-0.39, 0.29) is 12.5 Å². The molecule has 21 heavy (non-hydrogen) atoms. The zero-order chi connectivity index (χ0) is 16.2. The van der Waals surface area contributed by atoms with Gasteiger partial charge in [0.05, 0.1) is 0 Å². The highest BCUT2D eigenvalue weighted by Crippen LogP contribution is 2.17. The van der Waals surface area contributed by atoms with Crippen LogP contribution in [0.2, 0.25) is 0 Å². The number of anilines is 1. The molecule has 0 aliphatic carbocycles. The molecule has 0 aromatic heterocycles. The van der Waals surface area contributed by atoms with E-state index in [0.29, 0.717) is 0 Å². The van der Waals surface area contributed by atoms with Crippen LogP contribution in [0.5, 0.6) is 0 Å². The van der Waals surface area contributed by atoms with E-state index in [1.807, 2.05) is 25.1 Å². The molecule has 6 heteroatoms. The fourth-order valence-electron chi connectivity index (χ4n) is 1.58. The standard InChI is InChI=1S/C15H21IN2O3/c1-10-8-11(16)6-7-12(10)17-13(19)9-18(5)14(20)21-15(2,3)4/h6-8H,9H2,1-5H3,(H,17,19). The van der Waals surface area contributed by atoms with Crippen LogP contribution in [0.15, 0.2) is 18.2 Å². The van der Waals surface area contributed by atoms with Gasteiger partial charge in [-0.2, -0.15) is 0 Å². The topological polar surface area (TPSA) is 58.6 Å². The van der Waals surface area contributed by atoms with Crippen LogP contribution in [0, 0.1) is 10.5 Å². The molecule has 1 N–H and O–H groups in total. The molecule has 5 nitrogen and oxygen atoms in total. The number of nitrogens with zero attached hydrogens (tertiary/aromatic N) is 1. The van der Waals surface area contributed by atoms with Gasteiger partial charge in [-0.05, 0) is 74.0 Å². The summed E-state index contributed by atoms with van der Waals surface area (Å²) in [6.07, 6.45) is -0.517. The number of carbonyl (C=O) groups excluding carboxylic acids is 2. The monoisotopic (exact) mass is 404 g/mol. The number of ether oxygens (including phenoxy) is 1. The van der Waals surface area contributed by atoms with Crippen LogP contribution in [0.4, 0.5) is 10.5 Å². The summed E-state index contributed by atoms with van der Waals surface area (Å²) in [6.45, 7) is 7.23. The average Bonchev–Trinajstić information content (AvgIpc) is 2.30.